The van der Waals surface area contributed by atoms with Crippen molar-refractivity contribution in [1.82, 2.24) is 4.90 Å². The van der Waals surface area contributed by atoms with Gasteiger partial charge in [0, 0.05) is 12.1 Å². The highest BCUT2D eigenvalue weighted by atomic mass is 19.1. The molecule has 0 spiro atoms. The minimum Gasteiger partial charge on any atom is -0.309 e. The van der Waals surface area contributed by atoms with Crippen molar-refractivity contribution >= 4 is 11.7 Å². The fourth-order valence-corrected chi connectivity index (χ4v) is 1.34. The first kappa shape index (κ1) is 13.9. The minimum atomic E-state index is -0.857. The zero-order valence-electron chi connectivity index (χ0n) is 10.1. The maximum Gasteiger partial charge on any atom is 0.323 e. The Hall–Kier alpha value is -2.16. The van der Waals surface area contributed by atoms with E-state index < -0.39 is 17.7 Å². The third-order valence-corrected chi connectivity index (χ3v) is 2.30. The molecule has 0 bridgehead atoms. The van der Waals surface area contributed by atoms with Crippen LogP contribution in [-0.2, 0) is 0 Å². The summed E-state index contributed by atoms with van der Waals surface area (Å²) < 4.78 is 26.0. The second kappa shape index (κ2) is 5.96. The summed E-state index contributed by atoms with van der Waals surface area (Å²) >= 11 is 0. The van der Waals surface area contributed by atoms with E-state index in [9.17, 15) is 13.6 Å². The topological polar surface area (TPSA) is 56.1 Å². The van der Waals surface area contributed by atoms with Crippen molar-refractivity contribution in [1.29, 1.82) is 5.26 Å². The number of carbonyl (C=O) groups excluding carboxylic acids is 1. The third kappa shape index (κ3) is 3.42. The lowest BCUT2D eigenvalue weighted by Gasteiger charge is -2.24. The molecule has 0 aliphatic heterocycles. The van der Waals surface area contributed by atoms with Gasteiger partial charge in [-0.05, 0) is 26.0 Å². The SMILES string of the molecule is CC(C)N(CC#N)C(=O)Nc1ccc(F)cc1F. The van der Waals surface area contributed by atoms with E-state index in [1.54, 1.807) is 13.8 Å². The quantitative estimate of drug-likeness (QED) is 0.842. The molecule has 2 amide bonds. The summed E-state index contributed by atoms with van der Waals surface area (Å²) in [5.74, 6) is -1.58. The van der Waals surface area contributed by atoms with Gasteiger partial charge in [-0.2, -0.15) is 5.26 Å². The second-order valence-corrected chi connectivity index (χ2v) is 3.93. The van der Waals surface area contributed by atoms with Crippen molar-refractivity contribution in [3.63, 3.8) is 0 Å². The average Bonchev–Trinajstić information content (AvgIpc) is 2.29. The second-order valence-electron chi connectivity index (χ2n) is 3.93. The van der Waals surface area contributed by atoms with Crippen molar-refractivity contribution < 1.29 is 13.6 Å². The number of anilines is 1. The molecular weight excluding hydrogens is 240 g/mol. The number of benzene rings is 1. The number of nitriles is 1. The van der Waals surface area contributed by atoms with Crippen LogP contribution in [0.3, 0.4) is 0 Å². The summed E-state index contributed by atoms with van der Waals surface area (Å²) in [5.41, 5.74) is -0.120. The normalized spacial score (nSPS) is 10.0. The standard InChI is InChI=1S/C12H13F2N3O/c1-8(2)17(6-5-15)12(18)16-11-4-3-9(13)7-10(11)14/h3-4,7-8H,6H2,1-2H3,(H,16,18). The fraction of sp³-hybridized carbons (Fsp3) is 0.333. The molecule has 1 rings (SSSR count). The molecule has 0 heterocycles. The van der Waals surface area contributed by atoms with E-state index in [0.717, 1.165) is 12.1 Å². The zero-order valence-corrected chi connectivity index (χ0v) is 10.1. The number of amides is 2. The van der Waals surface area contributed by atoms with Crippen LogP contribution in [0, 0.1) is 23.0 Å². The summed E-state index contributed by atoms with van der Waals surface area (Å²) in [6.07, 6.45) is 0. The lowest BCUT2D eigenvalue weighted by atomic mass is 10.3. The Bertz CT molecular complexity index is 483. The van der Waals surface area contributed by atoms with Crippen LogP contribution in [0.25, 0.3) is 0 Å². The van der Waals surface area contributed by atoms with E-state index in [4.69, 9.17) is 5.26 Å². The van der Waals surface area contributed by atoms with E-state index in [-0.39, 0.29) is 18.3 Å². The van der Waals surface area contributed by atoms with E-state index in [2.05, 4.69) is 5.32 Å². The summed E-state index contributed by atoms with van der Waals surface area (Å²) in [6.45, 7) is 3.36. The fourth-order valence-electron chi connectivity index (χ4n) is 1.34. The zero-order chi connectivity index (χ0) is 13.7. The number of nitrogens with zero attached hydrogens (tertiary/aromatic N) is 2. The van der Waals surface area contributed by atoms with Gasteiger partial charge in [-0.1, -0.05) is 0 Å². The molecule has 1 aromatic rings. The van der Waals surface area contributed by atoms with Gasteiger partial charge in [-0.25, -0.2) is 13.6 Å². The first-order valence-corrected chi connectivity index (χ1v) is 5.35. The molecule has 0 saturated heterocycles. The van der Waals surface area contributed by atoms with Gasteiger partial charge in [0.05, 0.1) is 11.8 Å². The van der Waals surface area contributed by atoms with Crippen LogP contribution >= 0.6 is 0 Å². The molecule has 0 unspecified atom stereocenters. The number of urea groups is 1. The van der Waals surface area contributed by atoms with Crippen LogP contribution in [-0.4, -0.2) is 23.5 Å². The van der Waals surface area contributed by atoms with Gasteiger partial charge in [0.15, 0.2) is 0 Å². The monoisotopic (exact) mass is 253 g/mol. The van der Waals surface area contributed by atoms with Gasteiger partial charge < -0.3 is 10.2 Å². The summed E-state index contributed by atoms with van der Waals surface area (Å²) in [7, 11) is 0. The number of carbonyl (C=O) groups is 1. The van der Waals surface area contributed by atoms with Gasteiger partial charge in [0.1, 0.15) is 18.2 Å². The molecule has 0 aliphatic carbocycles. The maximum atomic E-state index is 13.3. The Kier molecular flexibility index (Phi) is 4.60. The molecule has 6 heteroatoms. The number of halogens is 2. The number of hydrogen-bond acceptors (Lipinski definition) is 2. The number of rotatable bonds is 3. The van der Waals surface area contributed by atoms with E-state index in [1.165, 1.54) is 4.90 Å². The van der Waals surface area contributed by atoms with Crippen LogP contribution in [0.5, 0.6) is 0 Å². The number of hydrogen-bond donors (Lipinski definition) is 1. The Morgan fingerprint density at radius 1 is 1.50 bits per heavy atom. The molecule has 0 radical (unpaired) electrons. The van der Waals surface area contributed by atoms with Gasteiger partial charge in [0.2, 0.25) is 0 Å². The van der Waals surface area contributed by atoms with Crippen molar-refractivity contribution in [2.75, 3.05) is 11.9 Å². The molecule has 0 saturated carbocycles. The number of nitrogens with one attached hydrogen (secondary N) is 1. The van der Waals surface area contributed by atoms with Crippen LogP contribution in [0.4, 0.5) is 19.3 Å². The molecule has 0 aliphatic rings. The smallest absolute Gasteiger partial charge is 0.309 e. The molecule has 0 fully saturated rings. The van der Waals surface area contributed by atoms with Gasteiger partial charge in [-0.15, -0.1) is 0 Å². The van der Waals surface area contributed by atoms with Crippen LogP contribution in [0.2, 0.25) is 0 Å². The highest BCUT2D eigenvalue weighted by molar-refractivity contribution is 5.89. The molecule has 1 aromatic carbocycles. The van der Waals surface area contributed by atoms with Gasteiger partial charge >= 0.3 is 6.03 Å². The maximum absolute atomic E-state index is 13.3. The highest BCUT2D eigenvalue weighted by Gasteiger charge is 2.17. The molecule has 0 atom stereocenters. The van der Waals surface area contributed by atoms with Crippen molar-refractivity contribution in [2.45, 2.75) is 19.9 Å². The van der Waals surface area contributed by atoms with E-state index in [1.807, 2.05) is 6.07 Å². The van der Waals surface area contributed by atoms with Gasteiger partial charge in [0.25, 0.3) is 0 Å². The Morgan fingerprint density at radius 2 is 2.17 bits per heavy atom. The van der Waals surface area contributed by atoms with E-state index in [0.29, 0.717) is 6.07 Å². The Labute approximate surface area is 104 Å². The molecule has 18 heavy (non-hydrogen) atoms. The minimum absolute atomic E-state index is 0.105. The molecular formula is C12H13F2N3O. The van der Waals surface area contributed by atoms with Crippen LogP contribution in [0.15, 0.2) is 18.2 Å². The Balaban J connectivity index is 2.83. The predicted octanol–water partition coefficient (Wildman–Crippen LogP) is 2.73. The largest absolute Gasteiger partial charge is 0.323 e. The molecule has 4 nitrogen and oxygen atoms in total. The molecule has 1 N–H and O–H groups in total. The molecule has 96 valence electrons. The van der Waals surface area contributed by atoms with Crippen molar-refractivity contribution in [3.8, 4) is 6.07 Å². The lowest BCUT2D eigenvalue weighted by Crippen LogP contribution is -2.40. The Morgan fingerprint density at radius 3 is 2.67 bits per heavy atom. The molecule has 0 aromatic heterocycles. The van der Waals surface area contributed by atoms with Gasteiger partial charge in [-0.3, -0.25) is 0 Å². The van der Waals surface area contributed by atoms with Crippen molar-refractivity contribution in [3.05, 3.63) is 29.8 Å². The summed E-state index contributed by atoms with van der Waals surface area (Å²) in [5, 5.41) is 10.9. The summed E-state index contributed by atoms with van der Waals surface area (Å²) in [6, 6.07) is 3.91. The first-order chi connectivity index (χ1) is 8.45. The van der Waals surface area contributed by atoms with E-state index >= 15 is 0 Å². The first-order valence-electron chi connectivity index (χ1n) is 5.35. The predicted molar refractivity (Wildman–Crippen MR) is 62.8 cm³/mol. The third-order valence-electron chi connectivity index (χ3n) is 2.30. The van der Waals surface area contributed by atoms with Crippen LogP contribution < -0.4 is 5.32 Å². The highest BCUT2D eigenvalue weighted by Crippen LogP contribution is 2.15. The van der Waals surface area contributed by atoms with Crippen LogP contribution in [0.1, 0.15) is 13.8 Å². The summed E-state index contributed by atoms with van der Waals surface area (Å²) in [4.78, 5) is 13.0. The average molecular weight is 253 g/mol. The lowest BCUT2D eigenvalue weighted by molar-refractivity contribution is 0.205. The van der Waals surface area contributed by atoms with Crippen molar-refractivity contribution in [2.24, 2.45) is 0 Å².